The van der Waals surface area contributed by atoms with Crippen LogP contribution in [0.3, 0.4) is 0 Å². The lowest BCUT2D eigenvalue weighted by molar-refractivity contribution is -0.127. The van der Waals surface area contributed by atoms with Crippen LogP contribution in [0.4, 0.5) is 5.69 Å². The molecule has 2 amide bonds. The molecular formula is C30H35N5O5. The van der Waals surface area contributed by atoms with E-state index in [0.717, 1.165) is 6.42 Å². The molecule has 4 rings (SSSR count). The summed E-state index contributed by atoms with van der Waals surface area (Å²) < 4.78 is 18.1. The molecule has 10 heteroatoms. The lowest BCUT2D eigenvalue weighted by atomic mass is 10.0. The molecule has 0 fully saturated rings. The first-order valence-electron chi connectivity index (χ1n) is 13.1. The maximum absolute atomic E-state index is 14.3. The second kappa shape index (κ2) is 13.0. The van der Waals surface area contributed by atoms with Gasteiger partial charge in [-0.25, -0.2) is 4.68 Å². The Kier molecular flexibility index (Phi) is 9.21. The third-order valence-electron chi connectivity index (χ3n) is 6.56. The van der Waals surface area contributed by atoms with Crippen molar-refractivity contribution in [3.05, 3.63) is 72.3 Å². The Labute approximate surface area is 233 Å². The normalized spacial score (nSPS) is 11.8. The summed E-state index contributed by atoms with van der Waals surface area (Å²) in [7, 11) is 4.61. The van der Waals surface area contributed by atoms with Gasteiger partial charge in [0.2, 0.25) is 11.8 Å². The first kappa shape index (κ1) is 28.4. The molecule has 0 aliphatic carbocycles. The Morgan fingerprint density at radius 1 is 0.925 bits per heavy atom. The van der Waals surface area contributed by atoms with Gasteiger partial charge in [0.25, 0.3) is 0 Å². The Morgan fingerprint density at radius 3 is 2.40 bits per heavy atom. The van der Waals surface area contributed by atoms with Crippen LogP contribution < -0.4 is 24.4 Å². The van der Waals surface area contributed by atoms with Crippen LogP contribution in [0, 0.1) is 5.92 Å². The van der Waals surface area contributed by atoms with Gasteiger partial charge in [-0.1, -0.05) is 43.3 Å². The van der Waals surface area contributed by atoms with Gasteiger partial charge in [0.05, 0.1) is 32.5 Å². The zero-order chi connectivity index (χ0) is 28.6. The van der Waals surface area contributed by atoms with Gasteiger partial charge in [0.15, 0.2) is 0 Å². The molecule has 0 unspecified atom stereocenters. The molecule has 0 aliphatic heterocycles. The standard InChI is InChI=1S/C30H35N5O5/c1-20(2)15-16-31-30(37)29(21-9-8-10-22(17-21)38-3)35(26-18-23(39-4)13-14-27(26)40-5)28(36)19-34-25-12-7-6-11-24(25)32-33-34/h6-14,17-18,20,29H,15-16,19H2,1-5H3,(H,31,37)/t29-/m1/s1. The van der Waals surface area contributed by atoms with Crippen molar-refractivity contribution < 1.29 is 23.8 Å². The van der Waals surface area contributed by atoms with Crippen molar-refractivity contribution >= 4 is 28.5 Å². The number of aromatic nitrogens is 3. The topological polar surface area (TPSA) is 108 Å². The van der Waals surface area contributed by atoms with Gasteiger partial charge in [-0.15, -0.1) is 5.10 Å². The van der Waals surface area contributed by atoms with Crippen LogP contribution in [-0.4, -0.2) is 54.7 Å². The molecule has 0 saturated heterocycles. The SMILES string of the molecule is COc1cccc([C@H](C(=O)NCCC(C)C)N(C(=O)Cn2nnc3ccccc32)c2cc(OC)ccc2OC)c1. The molecule has 0 saturated carbocycles. The highest BCUT2D eigenvalue weighted by Gasteiger charge is 2.35. The van der Waals surface area contributed by atoms with E-state index in [1.54, 1.807) is 49.6 Å². The Bertz CT molecular complexity index is 1470. The number of benzene rings is 3. The number of methoxy groups -OCH3 is 3. The number of nitrogens with zero attached hydrogens (tertiary/aromatic N) is 4. The molecule has 40 heavy (non-hydrogen) atoms. The van der Waals surface area contributed by atoms with Gasteiger partial charge >= 0.3 is 0 Å². The predicted octanol–water partition coefficient (Wildman–Crippen LogP) is 4.39. The molecule has 0 radical (unpaired) electrons. The summed E-state index contributed by atoms with van der Waals surface area (Å²) in [6.07, 6.45) is 0.790. The highest BCUT2D eigenvalue weighted by molar-refractivity contribution is 6.02. The number of carbonyl (C=O) groups excluding carboxylic acids is 2. The summed E-state index contributed by atoms with van der Waals surface area (Å²) in [5, 5.41) is 11.4. The van der Waals surface area contributed by atoms with Crippen molar-refractivity contribution in [3.8, 4) is 17.2 Å². The fourth-order valence-corrected chi connectivity index (χ4v) is 4.45. The molecule has 210 valence electrons. The number of rotatable bonds is 12. The minimum atomic E-state index is -1.05. The highest BCUT2D eigenvalue weighted by atomic mass is 16.5. The molecule has 1 heterocycles. The van der Waals surface area contributed by atoms with Crippen molar-refractivity contribution in [2.45, 2.75) is 32.9 Å². The van der Waals surface area contributed by atoms with Gasteiger partial charge in [0.1, 0.15) is 35.4 Å². The second-order valence-corrected chi connectivity index (χ2v) is 9.69. The molecule has 4 aromatic rings. The van der Waals surface area contributed by atoms with Gasteiger partial charge in [-0.2, -0.15) is 0 Å². The quantitative estimate of drug-likeness (QED) is 0.281. The molecule has 1 N–H and O–H groups in total. The van der Waals surface area contributed by atoms with E-state index in [9.17, 15) is 9.59 Å². The van der Waals surface area contributed by atoms with E-state index in [-0.39, 0.29) is 12.5 Å². The van der Waals surface area contributed by atoms with E-state index >= 15 is 0 Å². The summed E-state index contributed by atoms with van der Waals surface area (Å²) in [6, 6.07) is 18.6. The largest absolute Gasteiger partial charge is 0.497 e. The summed E-state index contributed by atoms with van der Waals surface area (Å²) >= 11 is 0. The Morgan fingerprint density at radius 2 is 1.68 bits per heavy atom. The summed E-state index contributed by atoms with van der Waals surface area (Å²) in [4.78, 5) is 29.7. The third kappa shape index (κ3) is 6.33. The summed E-state index contributed by atoms with van der Waals surface area (Å²) in [5.41, 5.74) is 2.32. The lowest BCUT2D eigenvalue weighted by Gasteiger charge is -2.33. The third-order valence-corrected chi connectivity index (χ3v) is 6.56. The van der Waals surface area contributed by atoms with Crippen molar-refractivity contribution in [1.29, 1.82) is 0 Å². The molecule has 0 spiro atoms. The van der Waals surface area contributed by atoms with E-state index in [1.807, 2.05) is 24.3 Å². The maximum atomic E-state index is 14.3. The number of hydrogen-bond acceptors (Lipinski definition) is 7. The zero-order valence-electron chi connectivity index (χ0n) is 23.5. The van der Waals surface area contributed by atoms with Crippen molar-refractivity contribution in [2.24, 2.45) is 5.92 Å². The smallest absolute Gasteiger partial charge is 0.249 e. The average Bonchev–Trinajstić information content (AvgIpc) is 3.37. The predicted molar refractivity (Wildman–Crippen MR) is 153 cm³/mol. The number of hydrogen-bond donors (Lipinski definition) is 1. The number of amides is 2. The second-order valence-electron chi connectivity index (χ2n) is 9.69. The molecule has 0 bridgehead atoms. The fraction of sp³-hybridized carbons (Fsp3) is 0.333. The van der Waals surface area contributed by atoms with E-state index in [0.29, 0.717) is 52.0 Å². The maximum Gasteiger partial charge on any atom is 0.249 e. The number of carbonyl (C=O) groups is 2. The summed E-state index contributed by atoms with van der Waals surface area (Å²) in [5.74, 6) is 1.13. The Balaban J connectivity index is 1.86. The van der Waals surface area contributed by atoms with Crippen LogP contribution in [-0.2, 0) is 16.1 Å². The molecule has 1 atom stereocenters. The van der Waals surface area contributed by atoms with Crippen LogP contribution in [0.25, 0.3) is 11.0 Å². The van der Waals surface area contributed by atoms with Crippen LogP contribution in [0.2, 0.25) is 0 Å². The highest BCUT2D eigenvalue weighted by Crippen LogP contribution is 2.38. The number of nitrogens with one attached hydrogen (secondary N) is 1. The van der Waals surface area contributed by atoms with E-state index in [1.165, 1.54) is 23.8 Å². The van der Waals surface area contributed by atoms with Crippen molar-refractivity contribution in [1.82, 2.24) is 20.3 Å². The van der Waals surface area contributed by atoms with E-state index in [2.05, 4.69) is 29.5 Å². The monoisotopic (exact) mass is 545 g/mol. The van der Waals surface area contributed by atoms with Crippen LogP contribution in [0.5, 0.6) is 17.2 Å². The molecule has 3 aromatic carbocycles. The fourth-order valence-electron chi connectivity index (χ4n) is 4.45. The van der Waals surface area contributed by atoms with Gasteiger partial charge in [-0.3, -0.25) is 14.5 Å². The number of para-hydroxylation sites is 1. The first-order chi connectivity index (χ1) is 19.4. The summed E-state index contributed by atoms with van der Waals surface area (Å²) in [6.45, 7) is 4.47. The minimum Gasteiger partial charge on any atom is -0.497 e. The van der Waals surface area contributed by atoms with Crippen LogP contribution >= 0.6 is 0 Å². The molecule has 10 nitrogen and oxygen atoms in total. The first-order valence-corrected chi connectivity index (χ1v) is 13.1. The number of fused-ring (bicyclic) bond motifs is 1. The average molecular weight is 546 g/mol. The van der Waals surface area contributed by atoms with Gasteiger partial charge in [-0.05, 0) is 54.3 Å². The zero-order valence-corrected chi connectivity index (χ0v) is 23.5. The van der Waals surface area contributed by atoms with Crippen molar-refractivity contribution in [3.63, 3.8) is 0 Å². The number of anilines is 1. The molecule has 0 aliphatic rings. The Hall–Kier alpha value is -4.60. The molecular weight excluding hydrogens is 510 g/mol. The van der Waals surface area contributed by atoms with E-state index < -0.39 is 11.9 Å². The van der Waals surface area contributed by atoms with Crippen molar-refractivity contribution in [2.75, 3.05) is 32.8 Å². The van der Waals surface area contributed by atoms with Crippen LogP contribution in [0.15, 0.2) is 66.7 Å². The lowest BCUT2D eigenvalue weighted by Crippen LogP contribution is -2.45. The molecule has 1 aromatic heterocycles. The van der Waals surface area contributed by atoms with Crippen LogP contribution in [0.1, 0.15) is 31.9 Å². The van der Waals surface area contributed by atoms with E-state index in [4.69, 9.17) is 14.2 Å². The number of ether oxygens (including phenoxy) is 3. The van der Waals surface area contributed by atoms with Gasteiger partial charge in [0, 0.05) is 12.6 Å². The van der Waals surface area contributed by atoms with Gasteiger partial charge < -0.3 is 19.5 Å². The minimum absolute atomic E-state index is 0.166.